The quantitative estimate of drug-likeness (QED) is 0.900. The summed E-state index contributed by atoms with van der Waals surface area (Å²) in [6.45, 7) is 5.45. The molecule has 1 aromatic heterocycles. The summed E-state index contributed by atoms with van der Waals surface area (Å²) in [7, 11) is 1.59. The standard InChI is InChI=1S/C12H19ClN4O/c1-3-17-6-4-9(5-7-17)15-10-8-14-16(2)12(18)11(10)13/h8-9,15H,3-7H2,1-2H3. The SMILES string of the molecule is CCN1CCC(Nc2cnn(C)c(=O)c2Cl)CC1. The van der Waals surface area contributed by atoms with Crippen molar-refractivity contribution in [1.82, 2.24) is 14.7 Å². The van der Waals surface area contributed by atoms with Gasteiger partial charge in [-0.25, -0.2) is 4.68 Å². The molecule has 5 nitrogen and oxygen atoms in total. The van der Waals surface area contributed by atoms with Gasteiger partial charge in [-0.05, 0) is 19.4 Å². The van der Waals surface area contributed by atoms with E-state index in [1.165, 1.54) is 4.68 Å². The Morgan fingerprint density at radius 3 is 2.78 bits per heavy atom. The van der Waals surface area contributed by atoms with Crippen LogP contribution < -0.4 is 10.9 Å². The molecular weight excluding hydrogens is 252 g/mol. The number of nitrogens with one attached hydrogen (secondary N) is 1. The predicted octanol–water partition coefficient (Wildman–Crippen LogP) is 1.33. The van der Waals surface area contributed by atoms with Gasteiger partial charge in [-0.3, -0.25) is 4.79 Å². The van der Waals surface area contributed by atoms with Gasteiger partial charge in [-0.15, -0.1) is 0 Å². The molecule has 1 aliphatic heterocycles. The zero-order chi connectivity index (χ0) is 13.1. The fourth-order valence-electron chi connectivity index (χ4n) is 2.22. The molecule has 100 valence electrons. The minimum absolute atomic E-state index is 0.227. The molecule has 0 saturated carbocycles. The molecule has 2 heterocycles. The van der Waals surface area contributed by atoms with Gasteiger partial charge in [0.05, 0.1) is 11.9 Å². The Morgan fingerprint density at radius 1 is 1.50 bits per heavy atom. The summed E-state index contributed by atoms with van der Waals surface area (Å²) in [5.41, 5.74) is 0.391. The van der Waals surface area contributed by atoms with Crippen molar-refractivity contribution in [2.75, 3.05) is 25.0 Å². The van der Waals surface area contributed by atoms with Crippen molar-refractivity contribution >= 4 is 17.3 Å². The number of hydrogen-bond acceptors (Lipinski definition) is 4. The van der Waals surface area contributed by atoms with E-state index in [0.29, 0.717) is 11.7 Å². The minimum atomic E-state index is -0.257. The molecule has 1 fully saturated rings. The normalized spacial score (nSPS) is 17.9. The van der Waals surface area contributed by atoms with Crippen LogP contribution in [0.1, 0.15) is 19.8 Å². The van der Waals surface area contributed by atoms with Crippen molar-refractivity contribution in [2.24, 2.45) is 7.05 Å². The number of aromatic nitrogens is 2. The zero-order valence-electron chi connectivity index (χ0n) is 10.8. The van der Waals surface area contributed by atoms with E-state index >= 15 is 0 Å². The number of piperidine rings is 1. The highest BCUT2D eigenvalue weighted by Crippen LogP contribution is 2.20. The van der Waals surface area contributed by atoms with E-state index in [-0.39, 0.29) is 10.6 Å². The van der Waals surface area contributed by atoms with Crippen LogP contribution in [0.5, 0.6) is 0 Å². The minimum Gasteiger partial charge on any atom is -0.380 e. The van der Waals surface area contributed by atoms with Gasteiger partial charge in [-0.1, -0.05) is 18.5 Å². The van der Waals surface area contributed by atoms with Crippen molar-refractivity contribution in [3.05, 3.63) is 21.6 Å². The van der Waals surface area contributed by atoms with E-state index in [9.17, 15) is 4.79 Å². The van der Waals surface area contributed by atoms with Crippen molar-refractivity contribution < 1.29 is 0 Å². The van der Waals surface area contributed by atoms with Crippen LogP contribution in [0.4, 0.5) is 5.69 Å². The van der Waals surface area contributed by atoms with Crippen LogP contribution in [-0.2, 0) is 7.05 Å². The Balaban J connectivity index is 2.03. The van der Waals surface area contributed by atoms with Crippen molar-refractivity contribution in [1.29, 1.82) is 0 Å². The maximum absolute atomic E-state index is 11.6. The fourth-order valence-corrected chi connectivity index (χ4v) is 2.45. The van der Waals surface area contributed by atoms with E-state index in [1.54, 1.807) is 13.2 Å². The fraction of sp³-hybridized carbons (Fsp3) is 0.667. The van der Waals surface area contributed by atoms with Gasteiger partial charge < -0.3 is 10.2 Å². The second-order valence-electron chi connectivity index (χ2n) is 4.65. The first-order valence-corrected chi connectivity index (χ1v) is 6.70. The van der Waals surface area contributed by atoms with Crippen molar-refractivity contribution in [3.8, 4) is 0 Å². The summed E-state index contributed by atoms with van der Waals surface area (Å²) in [6.07, 6.45) is 3.76. The van der Waals surface area contributed by atoms with Crippen molar-refractivity contribution in [2.45, 2.75) is 25.8 Å². The third-order valence-corrected chi connectivity index (χ3v) is 3.84. The molecule has 1 aromatic rings. The third-order valence-electron chi connectivity index (χ3n) is 3.47. The molecule has 0 radical (unpaired) electrons. The lowest BCUT2D eigenvalue weighted by atomic mass is 10.1. The molecule has 0 bridgehead atoms. The summed E-state index contributed by atoms with van der Waals surface area (Å²) in [5, 5.41) is 7.54. The molecule has 0 amide bonds. The molecule has 0 aliphatic carbocycles. The van der Waals surface area contributed by atoms with E-state index in [0.717, 1.165) is 32.5 Å². The number of rotatable bonds is 3. The highest BCUT2D eigenvalue weighted by Gasteiger charge is 2.19. The van der Waals surface area contributed by atoms with Crippen LogP contribution in [0.15, 0.2) is 11.0 Å². The van der Waals surface area contributed by atoms with E-state index in [4.69, 9.17) is 11.6 Å². The van der Waals surface area contributed by atoms with Crippen LogP contribution in [0, 0.1) is 0 Å². The average molecular weight is 271 g/mol. The summed E-state index contributed by atoms with van der Waals surface area (Å²) in [5.74, 6) is 0. The molecule has 0 unspecified atom stereocenters. The largest absolute Gasteiger partial charge is 0.380 e. The number of nitrogens with zero attached hydrogens (tertiary/aromatic N) is 3. The topological polar surface area (TPSA) is 50.2 Å². The number of hydrogen-bond donors (Lipinski definition) is 1. The molecule has 1 saturated heterocycles. The van der Waals surface area contributed by atoms with Crippen LogP contribution in [0.25, 0.3) is 0 Å². The Labute approximate surface area is 112 Å². The molecule has 0 spiro atoms. The molecule has 18 heavy (non-hydrogen) atoms. The Hall–Kier alpha value is -1.07. The highest BCUT2D eigenvalue weighted by atomic mass is 35.5. The van der Waals surface area contributed by atoms with Crippen LogP contribution >= 0.6 is 11.6 Å². The lowest BCUT2D eigenvalue weighted by Gasteiger charge is -2.32. The van der Waals surface area contributed by atoms with Gasteiger partial charge >= 0.3 is 0 Å². The first-order chi connectivity index (χ1) is 8.61. The third kappa shape index (κ3) is 2.84. The van der Waals surface area contributed by atoms with Gasteiger partial charge in [0.15, 0.2) is 0 Å². The maximum Gasteiger partial charge on any atom is 0.287 e. The maximum atomic E-state index is 11.6. The van der Waals surface area contributed by atoms with Gasteiger partial charge in [0.1, 0.15) is 5.02 Å². The van der Waals surface area contributed by atoms with E-state index in [1.807, 2.05) is 0 Å². The number of halogens is 1. The highest BCUT2D eigenvalue weighted by molar-refractivity contribution is 6.32. The van der Waals surface area contributed by atoms with E-state index < -0.39 is 0 Å². The number of aryl methyl sites for hydroxylation is 1. The Bertz CT molecular complexity index is 466. The van der Waals surface area contributed by atoms with Gasteiger partial charge in [0.25, 0.3) is 5.56 Å². The average Bonchev–Trinajstić information content (AvgIpc) is 2.40. The van der Waals surface area contributed by atoms with Gasteiger partial charge in [0, 0.05) is 26.2 Å². The Morgan fingerprint density at radius 2 is 2.17 bits per heavy atom. The summed E-state index contributed by atoms with van der Waals surface area (Å²) >= 11 is 6.03. The van der Waals surface area contributed by atoms with Gasteiger partial charge in [0.2, 0.25) is 0 Å². The Kier molecular flexibility index (Phi) is 4.24. The molecule has 0 atom stereocenters. The lowest BCUT2D eigenvalue weighted by Crippen LogP contribution is -2.39. The monoisotopic (exact) mass is 270 g/mol. The summed E-state index contributed by atoms with van der Waals surface area (Å²) in [4.78, 5) is 14.1. The summed E-state index contributed by atoms with van der Waals surface area (Å²) < 4.78 is 1.24. The second kappa shape index (κ2) is 5.71. The smallest absolute Gasteiger partial charge is 0.287 e. The molecule has 1 aliphatic rings. The van der Waals surface area contributed by atoms with Crippen LogP contribution in [0.2, 0.25) is 5.02 Å². The lowest BCUT2D eigenvalue weighted by molar-refractivity contribution is 0.229. The number of likely N-dealkylation sites (tertiary alicyclic amines) is 1. The number of anilines is 1. The predicted molar refractivity (Wildman–Crippen MR) is 73.2 cm³/mol. The summed E-state index contributed by atoms with van der Waals surface area (Å²) in [6, 6.07) is 0.374. The van der Waals surface area contributed by atoms with Crippen LogP contribution in [-0.4, -0.2) is 40.4 Å². The molecular formula is C12H19ClN4O. The molecule has 1 N–H and O–H groups in total. The second-order valence-corrected chi connectivity index (χ2v) is 5.03. The molecule has 6 heteroatoms. The van der Waals surface area contributed by atoms with Crippen molar-refractivity contribution in [3.63, 3.8) is 0 Å². The first-order valence-electron chi connectivity index (χ1n) is 6.32. The van der Waals surface area contributed by atoms with E-state index in [2.05, 4.69) is 22.2 Å². The van der Waals surface area contributed by atoms with Gasteiger partial charge in [-0.2, -0.15) is 5.10 Å². The molecule has 0 aromatic carbocycles. The first kappa shape index (κ1) is 13.4. The zero-order valence-corrected chi connectivity index (χ0v) is 11.6. The van der Waals surface area contributed by atoms with Crippen LogP contribution in [0.3, 0.4) is 0 Å². The molecule has 2 rings (SSSR count).